The minimum Gasteiger partial charge on any atom is -0.341 e. The van der Waals surface area contributed by atoms with Gasteiger partial charge in [0.2, 0.25) is 17.7 Å². The van der Waals surface area contributed by atoms with Crippen molar-refractivity contribution in [2.75, 3.05) is 41.3 Å². The first kappa shape index (κ1) is 34.9. The van der Waals surface area contributed by atoms with Gasteiger partial charge in [-0.25, -0.2) is 0 Å². The van der Waals surface area contributed by atoms with Crippen LogP contribution >= 0.6 is 0 Å². The first-order valence-corrected chi connectivity index (χ1v) is 16.3. The van der Waals surface area contributed by atoms with Gasteiger partial charge in [0.15, 0.2) is 0 Å². The van der Waals surface area contributed by atoms with Crippen molar-refractivity contribution in [3.63, 3.8) is 0 Å². The SMILES string of the molecule is CN1CCC(N(C)C(=O)C(Cc2ccccc2)N(C)C(=O)C(Cc2ccc3ccccc3c2)N(C)C(=O)/C=C/CC(C)(C)N)CC1. The summed E-state index contributed by atoms with van der Waals surface area (Å²) in [6, 6.07) is 22.6. The highest BCUT2D eigenvalue weighted by Gasteiger charge is 2.37. The highest BCUT2D eigenvalue weighted by Crippen LogP contribution is 2.22. The standard InChI is InChI=1S/C38H51N5O3/c1-38(2,39)22-12-17-35(44)42(5)33(27-29-18-19-30-15-10-11-16-31(30)25-29)37(46)43(6)34(26-28-13-8-7-9-14-28)36(45)41(4)32-20-23-40(3)24-21-32/h7-19,25,32-34H,20-24,26-27,39H2,1-6H3/b17-12+. The van der Waals surface area contributed by atoms with E-state index in [0.717, 1.165) is 47.8 Å². The van der Waals surface area contributed by atoms with Crippen LogP contribution in [0.25, 0.3) is 10.8 Å². The number of hydrogen-bond donors (Lipinski definition) is 1. The Morgan fingerprint density at radius 2 is 1.41 bits per heavy atom. The molecule has 1 aliphatic rings. The molecule has 0 aromatic heterocycles. The fourth-order valence-electron chi connectivity index (χ4n) is 6.13. The third-order valence-corrected chi connectivity index (χ3v) is 9.20. The van der Waals surface area contributed by atoms with Crippen molar-refractivity contribution in [3.05, 3.63) is 96.1 Å². The maximum atomic E-state index is 14.6. The fraction of sp³-hybridized carbons (Fsp3) is 0.447. The normalized spacial score (nSPS) is 15.9. The Morgan fingerprint density at radius 1 is 0.826 bits per heavy atom. The molecule has 3 amide bonds. The van der Waals surface area contributed by atoms with Crippen molar-refractivity contribution in [3.8, 4) is 0 Å². The van der Waals surface area contributed by atoms with Crippen LogP contribution in [0.4, 0.5) is 0 Å². The first-order chi connectivity index (χ1) is 21.8. The zero-order chi connectivity index (χ0) is 33.4. The average Bonchev–Trinajstić information content (AvgIpc) is 3.04. The number of piperidine rings is 1. The Labute approximate surface area is 274 Å². The number of amides is 3. The van der Waals surface area contributed by atoms with Gasteiger partial charge in [-0.2, -0.15) is 0 Å². The number of nitrogens with two attached hydrogens (primary N) is 1. The van der Waals surface area contributed by atoms with E-state index in [4.69, 9.17) is 5.73 Å². The molecule has 3 aromatic rings. The van der Waals surface area contributed by atoms with Gasteiger partial charge in [0.25, 0.3) is 0 Å². The lowest BCUT2D eigenvalue weighted by molar-refractivity contribution is -0.149. The summed E-state index contributed by atoms with van der Waals surface area (Å²) in [5.41, 5.74) is 7.58. The van der Waals surface area contributed by atoms with E-state index in [9.17, 15) is 14.4 Å². The Kier molecular flexibility index (Phi) is 11.8. The van der Waals surface area contributed by atoms with Crippen molar-refractivity contribution in [2.24, 2.45) is 5.73 Å². The summed E-state index contributed by atoms with van der Waals surface area (Å²) in [4.78, 5) is 49.5. The number of likely N-dealkylation sites (tertiary alicyclic amines) is 1. The van der Waals surface area contributed by atoms with E-state index in [-0.39, 0.29) is 23.8 Å². The molecule has 1 heterocycles. The molecular weight excluding hydrogens is 574 g/mol. The number of fused-ring (bicyclic) bond motifs is 1. The van der Waals surface area contributed by atoms with Gasteiger partial charge in [0, 0.05) is 45.6 Å². The third kappa shape index (κ3) is 9.27. The molecule has 246 valence electrons. The zero-order valence-electron chi connectivity index (χ0n) is 28.4. The van der Waals surface area contributed by atoms with Crippen LogP contribution in [0.2, 0.25) is 0 Å². The van der Waals surface area contributed by atoms with Crippen molar-refractivity contribution >= 4 is 28.5 Å². The van der Waals surface area contributed by atoms with Crippen molar-refractivity contribution < 1.29 is 14.4 Å². The average molecular weight is 626 g/mol. The Balaban J connectivity index is 1.66. The van der Waals surface area contributed by atoms with Gasteiger partial charge >= 0.3 is 0 Å². The molecule has 0 aliphatic carbocycles. The minimum atomic E-state index is -0.825. The van der Waals surface area contributed by atoms with Crippen LogP contribution in [-0.4, -0.2) is 102 Å². The van der Waals surface area contributed by atoms with E-state index in [2.05, 4.69) is 24.1 Å². The van der Waals surface area contributed by atoms with E-state index >= 15 is 0 Å². The molecule has 1 saturated heterocycles. The lowest BCUT2D eigenvalue weighted by Gasteiger charge is -2.39. The Morgan fingerprint density at radius 3 is 2.07 bits per heavy atom. The van der Waals surface area contributed by atoms with Crippen LogP contribution in [-0.2, 0) is 27.2 Å². The Bertz CT molecular complexity index is 1510. The number of likely N-dealkylation sites (N-methyl/N-ethyl adjacent to an activating group) is 3. The molecule has 0 radical (unpaired) electrons. The molecule has 8 heteroatoms. The summed E-state index contributed by atoms with van der Waals surface area (Å²) < 4.78 is 0. The molecule has 0 bridgehead atoms. The second-order valence-electron chi connectivity index (χ2n) is 13.6. The molecule has 2 unspecified atom stereocenters. The summed E-state index contributed by atoms with van der Waals surface area (Å²) in [5, 5.41) is 2.17. The second-order valence-corrected chi connectivity index (χ2v) is 13.6. The van der Waals surface area contributed by atoms with Gasteiger partial charge in [-0.1, -0.05) is 78.9 Å². The molecule has 3 aromatic carbocycles. The molecule has 0 saturated carbocycles. The number of rotatable bonds is 12. The molecular formula is C38H51N5O3. The predicted molar refractivity (Wildman–Crippen MR) is 186 cm³/mol. The molecule has 4 rings (SSSR count). The predicted octanol–water partition coefficient (Wildman–Crippen LogP) is 4.52. The monoisotopic (exact) mass is 625 g/mol. The lowest BCUT2D eigenvalue weighted by Crippen LogP contribution is -2.57. The van der Waals surface area contributed by atoms with Gasteiger partial charge in [0.1, 0.15) is 12.1 Å². The van der Waals surface area contributed by atoms with Crippen LogP contribution in [0.1, 0.15) is 44.2 Å². The first-order valence-electron chi connectivity index (χ1n) is 16.3. The van der Waals surface area contributed by atoms with Crippen molar-refractivity contribution in [2.45, 2.75) is 69.6 Å². The Hall–Kier alpha value is -4.01. The molecule has 46 heavy (non-hydrogen) atoms. The van der Waals surface area contributed by atoms with E-state index in [1.807, 2.05) is 86.5 Å². The molecule has 1 fully saturated rings. The molecule has 8 nitrogen and oxygen atoms in total. The highest BCUT2D eigenvalue weighted by atomic mass is 16.2. The summed E-state index contributed by atoms with van der Waals surface area (Å²) in [7, 11) is 7.33. The summed E-state index contributed by atoms with van der Waals surface area (Å²) in [6.07, 6.45) is 6.25. The van der Waals surface area contributed by atoms with E-state index < -0.39 is 17.6 Å². The van der Waals surface area contributed by atoms with Gasteiger partial charge in [-0.15, -0.1) is 0 Å². The van der Waals surface area contributed by atoms with Crippen LogP contribution in [0.5, 0.6) is 0 Å². The summed E-state index contributed by atoms with van der Waals surface area (Å²) in [5.74, 6) is -0.647. The number of carbonyl (C=O) groups excluding carboxylic acids is 3. The van der Waals surface area contributed by atoms with Gasteiger partial charge in [-0.3, -0.25) is 14.4 Å². The number of benzene rings is 3. The summed E-state index contributed by atoms with van der Waals surface area (Å²) in [6.45, 7) is 5.66. The molecule has 0 spiro atoms. The largest absolute Gasteiger partial charge is 0.341 e. The van der Waals surface area contributed by atoms with Gasteiger partial charge < -0.3 is 25.3 Å². The molecule has 1 aliphatic heterocycles. The topological polar surface area (TPSA) is 90.2 Å². The van der Waals surface area contributed by atoms with Crippen LogP contribution < -0.4 is 5.73 Å². The number of nitrogens with zero attached hydrogens (tertiary/aromatic N) is 4. The second kappa shape index (κ2) is 15.5. The summed E-state index contributed by atoms with van der Waals surface area (Å²) >= 11 is 0. The number of hydrogen-bond acceptors (Lipinski definition) is 5. The maximum Gasteiger partial charge on any atom is 0.246 e. The van der Waals surface area contributed by atoms with Crippen LogP contribution in [0, 0.1) is 0 Å². The van der Waals surface area contributed by atoms with Crippen LogP contribution in [0.3, 0.4) is 0 Å². The minimum absolute atomic E-state index is 0.0854. The van der Waals surface area contributed by atoms with E-state index in [1.54, 1.807) is 25.1 Å². The lowest BCUT2D eigenvalue weighted by atomic mass is 9.97. The fourth-order valence-corrected chi connectivity index (χ4v) is 6.13. The number of carbonyl (C=O) groups is 3. The van der Waals surface area contributed by atoms with Gasteiger partial charge in [-0.05, 0) is 81.2 Å². The van der Waals surface area contributed by atoms with E-state index in [1.165, 1.54) is 11.0 Å². The van der Waals surface area contributed by atoms with E-state index in [0.29, 0.717) is 19.3 Å². The highest BCUT2D eigenvalue weighted by molar-refractivity contribution is 5.95. The van der Waals surface area contributed by atoms with Crippen LogP contribution in [0.15, 0.2) is 84.9 Å². The quantitative estimate of drug-likeness (QED) is 0.299. The molecule has 2 atom stereocenters. The molecule has 2 N–H and O–H groups in total. The van der Waals surface area contributed by atoms with Crippen molar-refractivity contribution in [1.82, 2.24) is 19.6 Å². The smallest absolute Gasteiger partial charge is 0.246 e. The van der Waals surface area contributed by atoms with Crippen molar-refractivity contribution in [1.29, 1.82) is 0 Å². The third-order valence-electron chi connectivity index (χ3n) is 9.20. The van der Waals surface area contributed by atoms with Gasteiger partial charge in [0.05, 0.1) is 0 Å². The maximum absolute atomic E-state index is 14.6. The zero-order valence-corrected chi connectivity index (χ0v) is 28.4.